The topological polar surface area (TPSA) is 79.8 Å². The number of aromatic nitrogens is 3. The third kappa shape index (κ3) is 3.45. The SMILES string of the molecule is Cc1cnc(N)c2nc(C)n(CCC[S+]([O-])c3ccc(F)cc3F)c12. The normalized spacial score (nSPS) is 12.7. The van der Waals surface area contributed by atoms with E-state index in [2.05, 4.69) is 9.97 Å². The third-order valence-electron chi connectivity index (χ3n) is 4.02. The van der Waals surface area contributed by atoms with Crippen molar-refractivity contribution in [2.45, 2.75) is 31.7 Å². The molecule has 25 heavy (non-hydrogen) atoms. The van der Waals surface area contributed by atoms with E-state index in [1.54, 1.807) is 6.20 Å². The molecule has 0 radical (unpaired) electrons. The van der Waals surface area contributed by atoms with Gasteiger partial charge >= 0.3 is 0 Å². The summed E-state index contributed by atoms with van der Waals surface area (Å²) in [5, 5.41) is 0. The third-order valence-corrected chi connectivity index (χ3v) is 5.50. The number of anilines is 1. The lowest BCUT2D eigenvalue weighted by molar-refractivity contribution is 0.546. The smallest absolute Gasteiger partial charge is 0.188 e. The molecule has 1 unspecified atom stereocenters. The first kappa shape index (κ1) is 17.6. The lowest BCUT2D eigenvalue weighted by Gasteiger charge is -2.13. The maximum atomic E-state index is 13.7. The standard InChI is InChI=1S/C17H18F2N4OS/c1-10-9-21-17(20)15-16(10)23(11(2)22-15)6-3-7-25(24)14-5-4-12(18)8-13(14)19/h4-5,8-9H,3,6-7H2,1-2H3,(H2,20,21). The van der Waals surface area contributed by atoms with Crippen molar-refractivity contribution < 1.29 is 13.3 Å². The van der Waals surface area contributed by atoms with Gasteiger partial charge in [-0.15, -0.1) is 0 Å². The van der Waals surface area contributed by atoms with Crippen LogP contribution in [0.3, 0.4) is 0 Å². The highest BCUT2D eigenvalue weighted by Crippen LogP contribution is 2.24. The summed E-state index contributed by atoms with van der Waals surface area (Å²) >= 11 is -1.53. The van der Waals surface area contributed by atoms with Crippen molar-refractivity contribution in [3.05, 3.63) is 47.4 Å². The zero-order valence-electron chi connectivity index (χ0n) is 13.9. The van der Waals surface area contributed by atoms with Crippen molar-refractivity contribution in [1.29, 1.82) is 0 Å². The van der Waals surface area contributed by atoms with E-state index in [4.69, 9.17) is 5.73 Å². The molecule has 132 valence electrons. The maximum absolute atomic E-state index is 13.7. The molecule has 8 heteroatoms. The summed E-state index contributed by atoms with van der Waals surface area (Å²) in [5.74, 6) is -0.0324. The number of fused-ring (bicyclic) bond motifs is 1. The molecule has 0 amide bonds. The number of nitrogens with zero attached hydrogens (tertiary/aromatic N) is 3. The van der Waals surface area contributed by atoms with Crippen LogP contribution in [0.2, 0.25) is 0 Å². The summed E-state index contributed by atoms with van der Waals surface area (Å²) in [6.07, 6.45) is 2.25. The van der Waals surface area contributed by atoms with E-state index in [0.717, 1.165) is 29.0 Å². The number of hydrogen-bond acceptors (Lipinski definition) is 4. The zero-order valence-corrected chi connectivity index (χ0v) is 14.7. The molecular formula is C17H18F2N4OS. The van der Waals surface area contributed by atoms with Crippen molar-refractivity contribution in [2.75, 3.05) is 11.5 Å². The summed E-state index contributed by atoms with van der Waals surface area (Å²) in [6.45, 7) is 4.37. The molecule has 2 aromatic heterocycles. The van der Waals surface area contributed by atoms with Gasteiger partial charge in [-0.1, -0.05) is 0 Å². The van der Waals surface area contributed by atoms with Crippen LogP contribution in [-0.4, -0.2) is 24.8 Å². The van der Waals surface area contributed by atoms with Crippen molar-refractivity contribution in [2.24, 2.45) is 0 Å². The van der Waals surface area contributed by atoms with E-state index >= 15 is 0 Å². The van der Waals surface area contributed by atoms with Gasteiger partial charge in [0.1, 0.15) is 22.9 Å². The molecule has 1 atom stereocenters. The van der Waals surface area contributed by atoms with Gasteiger partial charge in [-0.2, -0.15) is 0 Å². The molecule has 2 N–H and O–H groups in total. The zero-order chi connectivity index (χ0) is 18.1. The molecule has 0 fully saturated rings. The van der Waals surface area contributed by atoms with E-state index in [-0.39, 0.29) is 10.6 Å². The lowest BCUT2D eigenvalue weighted by atomic mass is 10.2. The molecule has 0 bridgehead atoms. The largest absolute Gasteiger partial charge is 0.611 e. The first-order valence-electron chi connectivity index (χ1n) is 7.80. The molecule has 3 aromatic rings. The van der Waals surface area contributed by atoms with Gasteiger partial charge in [0.25, 0.3) is 0 Å². The summed E-state index contributed by atoms with van der Waals surface area (Å²) in [4.78, 5) is 8.58. The van der Waals surface area contributed by atoms with Crippen molar-refractivity contribution in [1.82, 2.24) is 14.5 Å². The second-order valence-corrected chi connectivity index (χ2v) is 7.35. The lowest BCUT2D eigenvalue weighted by Crippen LogP contribution is -2.12. The molecule has 2 heterocycles. The maximum Gasteiger partial charge on any atom is 0.188 e. The Morgan fingerprint density at radius 2 is 2.04 bits per heavy atom. The van der Waals surface area contributed by atoms with Crippen LogP contribution in [0.15, 0.2) is 29.3 Å². The van der Waals surface area contributed by atoms with Crippen LogP contribution in [0.1, 0.15) is 17.8 Å². The molecule has 1 aromatic carbocycles. The minimum atomic E-state index is -1.53. The number of nitrogens with two attached hydrogens (primary N) is 1. The molecule has 0 aliphatic carbocycles. The highest BCUT2D eigenvalue weighted by molar-refractivity contribution is 7.91. The first-order chi connectivity index (χ1) is 11.9. The van der Waals surface area contributed by atoms with Crippen LogP contribution in [-0.2, 0) is 17.7 Å². The number of pyridine rings is 1. The van der Waals surface area contributed by atoms with Crippen molar-refractivity contribution >= 4 is 28.0 Å². The fourth-order valence-corrected chi connectivity index (χ4v) is 3.94. The predicted octanol–water partition coefficient (Wildman–Crippen LogP) is 3.11. The van der Waals surface area contributed by atoms with E-state index in [1.807, 2.05) is 18.4 Å². The number of imidazole rings is 1. The Morgan fingerprint density at radius 3 is 2.76 bits per heavy atom. The fourth-order valence-electron chi connectivity index (χ4n) is 2.83. The quantitative estimate of drug-likeness (QED) is 0.706. The number of hydrogen-bond donors (Lipinski definition) is 1. The summed E-state index contributed by atoms with van der Waals surface area (Å²) in [5.41, 5.74) is 8.40. The Balaban J connectivity index is 1.75. The van der Waals surface area contributed by atoms with Crippen LogP contribution in [0.4, 0.5) is 14.6 Å². The minimum Gasteiger partial charge on any atom is -0.611 e. The number of halogens is 2. The van der Waals surface area contributed by atoms with E-state index < -0.39 is 22.8 Å². The van der Waals surface area contributed by atoms with Crippen LogP contribution in [0.5, 0.6) is 0 Å². The van der Waals surface area contributed by atoms with E-state index in [0.29, 0.717) is 24.3 Å². The molecular weight excluding hydrogens is 346 g/mol. The first-order valence-corrected chi connectivity index (χ1v) is 9.11. The van der Waals surface area contributed by atoms with Gasteiger partial charge in [0.15, 0.2) is 16.5 Å². The minimum absolute atomic E-state index is 0.0261. The molecule has 0 spiro atoms. The van der Waals surface area contributed by atoms with Gasteiger partial charge in [-0.3, -0.25) is 0 Å². The summed E-state index contributed by atoms with van der Waals surface area (Å²) in [7, 11) is 0. The molecule has 0 saturated carbocycles. The summed E-state index contributed by atoms with van der Waals surface area (Å²) < 4.78 is 40.9. The fraction of sp³-hybridized carbons (Fsp3) is 0.294. The van der Waals surface area contributed by atoms with Crippen molar-refractivity contribution in [3.8, 4) is 0 Å². The van der Waals surface area contributed by atoms with Crippen molar-refractivity contribution in [3.63, 3.8) is 0 Å². The van der Waals surface area contributed by atoms with E-state index in [9.17, 15) is 13.3 Å². The van der Waals surface area contributed by atoms with Crippen LogP contribution < -0.4 is 5.73 Å². The van der Waals surface area contributed by atoms with Gasteiger partial charge in [-0.25, -0.2) is 18.7 Å². The summed E-state index contributed by atoms with van der Waals surface area (Å²) in [6, 6.07) is 3.10. The Kier molecular flexibility index (Phi) is 4.91. The number of rotatable bonds is 5. The van der Waals surface area contributed by atoms with Gasteiger partial charge < -0.3 is 14.9 Å². The van der Waals surface area contributed by atoms with Crippen LogP contribution in [0.25, 0.3) is 11.0 Å². The highest BCUT2D eigenvalue weighted by Gasteiger charge is 2.18. The molecule has 0 aliphatic heterocycles. The predicted molar refractivity (Wildman–Crippen MR) is 93.7 cm³/mol. The van der Waals surface area contributed by atoms with Crippen LogP contribution in [0, 0.1) is 25.5 Å². The highest BCUT2D eigenvalue weighted by atomic mass is 32.2. The Labute approximate surface area is 147 Å². The molecule has 5 nitrogen and oxygen atoms in total. The van der Waals surface area contributed by atoms with Gasteiger partial charge in [0, 0.05) is 25.2 Å². The average molecular weight is 364 g/mol. The second kappa shape index (κ2) is 6.97. The number of benzene rings is 1. The van der Waals surface area contributed by atoms with Gasteiger partial charge in [-0.05, 0) is 42.7 Å². The Hall–Kier alpha value is -2.19. The monoisotopic (exact) mass is 364 g/mol. The number of nitrogen functional groups attached to an aromatic ring is 1. The van der Waals surface area contributed by atoms with Gasteiger partial charge in [0.05, 0.1) is 5.52 Å². The Bertz CT molecular complexity index is 929. The molecule has 0 aliphatic rings. The second-order valence-electron chi connectivity index (χ2n) is 5.81. The Morgan fingerprint density at radius 1 is 1.28 bits per heavy atom. The van der Waals surface area contributed by atoms with E-state index in [1.165, 1.54) is 6.07 Å². The number of aryl methyl sites for hydroxylation is 3. The average Bonchev–Trinajstić information content (AvgIpc) is 2.89. The van der Waals surface area contributed by atoms with Crippen LogP contribution >= 0.6 is 0 Å². The molecule has 3 rings (SSSR count). The molecule has 0 saturated heterocycles. The van der Waals surface area contributed by atoms with Gasteiger partial charge in [0.2, 0.25) is 0 Å².